The molecular formula is C22H23FN4O2S. The maximum absolute atomic E-state index is 13.8. The summed E-state index contributed by atoms with van der Waals surface area (Å²) in [6, 6.07) is 13.8. The van der Waals surface area contributed by atoms with Gasteiger partial charge in [-0.1, -0.05) is 48.2 Å². The Bertz CT molecular complexity index is 1040. The van der Waals surface area contributed by atoms with Crippen molar-refractivity contribution in [1.29, 1.82) is 0 Å². The van der Waals surface area contributed by atoms with E-state index < -0.39 is 11.1 Å². The number of allylic oxidation sites excluding steroid dienone is 1. The van der Waals surface area contributed by atoms with Crippen LogP contribution in [0.3, 0.4) is 0 Å². The highest BCUT2D eigenvalue weighted by atomic mass is 32.2. The van der Waals surface area contributed by atoms with Crippen molar-refractivity contribution in [3.05, 3.63) is 78.4 Å². The first-order valence-corrected chi connectivity index (χ1v) is 10.3. The summed E-state index contributed by atoms with van der Waals surface area (Å²) < 4.78 is 21.1. The fourth-order valence-electron chi connectivity index (χ4n) is 2.69. The topological polar surface area (TPSA) is 69.0 Å². The van der Waals surface area contributed by atoms with E-state index in [1.165, 1.54) is 17.8 Å². The van der Waals surface area contributed by atoms with Crippen LogP contribution in [0.1, 0.15) is 18.3 Å². The van der Waals surface area contributed by atoms with E-state index >= 15 is 0 Å². The lowest BCUT2D eigenvalue weighted by Crippen LogP contribution is -2.23. The number of halogens is 1. The van der Waals surface area contributed by atoms with E-state index in [1.807, 2.05) is 31.2 Å². The summed E-state index contributed by atoms with van der Waals surface area (Å²) in [6.07, 6.45) is 1.71. The van der Waals surface area contributed by atoms with Gasteiger partial charge in [-0.15, -0.1) is 16.8 Å². The van der Waals surface area contributed by atoms with E-state index in [9.17, 15) is 9.18 Å². The number of carbonyl (C=O) groups is 1. The number of hydrogen-bond acceptors (Lipinski definition) is 5. The molecule has 1 atom stereocenters. The molecule has 1 unspecified atom stereocenters. The van der Waals surface area contributed by atoms with Gasteiger partial charge in [-0.05, 0) is 37.6 Å². The summed E-state index contributed by atoms with van der Waals surface area (Å²) in [6.45, 7) is 8.00. The van der Waals surface area contributed by atoms with Crippen molar-refractivity contribution < 1.29 is 13.9 Å². The first kappa shape index (κ1) is 21.6. The minimum absolute atomic E-state index is 0.0477. The molecule has 3 aromatic rings. The van der Waals surface area contributed by atoms with Gasteiger partial charge in [0.1, 0.15) is 6.61 Å². The van der Waals surface area contributed by atoms with Crippen molar-refractivity contribution in [3.63, 3.8) is 0 Å². The van der Waals surface area contributed by atoms with E-state index in [4.69, 9.17) is 4.74 Å². The molecule has 0 aliphatic heterocycles. The van der Waals surface area contributed by atoms with Crippen LogP contribution in [0.4, 0.5) is 10.1 Å². The van der Waals surface area contributed by atoms with Crippen molar-refractivity contribution in [3.8, 4) is 5.75 Å². The lowest BCUT2D eigenvalue weighted by molar-refractivity contribution is -0.115. The smallest absolute Gasteiger partial charge is 0.237 e. The van der Waals surface area contributed by atoms with Crippen molar-refractivity contribution in [1.82, 2.24) is 14.8 Å². The van der Waals surface area contributed by atoms with Gasteiger partial charge in [-0.3, -0.25) is 9.36 Å². The third-order valence-electron chi connectivity index (χ3n) is 4.35. The van der Waals surface area contributed by atoms with Gasteiger partial charge in [0.2, 0.25) is 5.91 Å². The van der Waals surface area contributed by atoms with Gasteiger partial charge in [-0.2, -0.15) is 0 Å². The Kier molecular flexibility index (Phi) is 7.24. The number of benzene rings is 2. The van der Waals surface area contributed by atoms with Gasteiger partial charge in [0, 0.05) is 12.2 Å². The van der Waals surface area contributed by atoms with Crippen molar-refractivity contribution >= 4 is 23.4 Å². The number of nitrogens with one attached hydrogen (secondary N) is 1. The van der Waals surface area contributed by atoms with Crippen LogP contribution in [0, 0.1) is 12.7 Å². The van der Waals surface area contributed by atoms with E-state index in [0.717, 1.165) is 11.3 Å². The monoisotopic (exact) mass is 426 g/mol. The number of ether oxygens (including phenoxy) is 1. The molecule has 156 valence electrons. The zero-order valence-corrected chi connectivity index (χ0v) is 17.7. The molecule has 1 heterocycles. The van der Waals surface area contributed by atoms with Crippen LogP contribution in [0.5, 0.6) is 5.75 Å². The highest BCUT2D eigenvalue weighted by Crippen LogP contribution is 2.25. The Balaban J connectivity index is 1.69. The van der Waals surface area contributed by atoms with Crippen molar-refractivity contribution in [2.24, 2.45) is 0 Å². The van der Waals surface area contributed by atoms with Gasteiger partial charge >= 0.3 is 0 Å². The van der Waals surface area contributed by atoms with Crippen LogP contribution in [0.15, 0.2) is 66.3 Å². The predicted octanol–water partition coefficient (Wildman–Crippen LogP) is 4.61. The second-order valence-electron chi connectivity index (χ2n) is 6.58. The quantitative estimate of drug-likeness (QED) is 0.400. The Morgan fingerprint density at radius 2 is 2.00 bits per heavy atom. The molecule has 3 rings (SSSR count). The average molecular weight is 427 g/mol. The number of rotatable bonds is 9. The first-order chi connectivity index (χ1) is 14.5. The number of aryl methyl sites for hydroxylation is 1. The molecule has 2 aromatic carbocycles. The number of carbonyl (C=O) groups excluding carboxylic acids is 1. The molecule has 8 heteroatoms. The number of anilines is 1. The molecule has 0 saturated heterocycles. The number of nitrogens with zero attached hydrogens (tertiary/aromatic N) is 3. The fraction of sp³-hybridized carbons (Fsp3) is 0.227. The summed E-state index contributed by atoms with van der Waals surface area (Å²) in [4.78, 5) is 12.6. The summed E-state index contributed by atoms with van der Waals surface area (Å²) in [7, 11) is 0. The SMILES string of the molecule is C=CCn1c(COc2ccccc2F)nnc1SC(C)C(=O)Nc1ccccc1C. The van der Waals surface area contributed by atoms with Crippen LogP contribution >= 0.6 is 11.8 Å². The molecule has 0 spiro atoms. The zero-order valence-electron chi connectivity index (χ0n) is 16.8. The summed E-state index contributed by atoms with van der Waals surface area (Å²) >= 11 is 1.29. The molecule has 0 aliphatic carbocycles. The van der Waals surface area contributed by atoms with E-state index in [-0.39, 0.29) is 18.3 Å². The highest BCUT2D eigenvalue weighted by molar-refractivity contribution is 8.00. The zero-order chi connectivity index (χ0) is 21.5. The molecular weight excluding hydrogens is 403 g/mol. The number of amides is 1. The Labute approximate surface area is 179 Å². The number of para-hydroxylation sites is 2. The third kappa shape index (κ3) is 5.27. The highest BCUT2D eigenvalue weighted by Gasteiger charge is 2.20. The van der Waals surface area contributed by atoms with Crippen LogP contribution in [-0.4, -0.2) is 25.9 Å². The molecule has 0 bridgehead atoms. The lowest BCUT2D eigenvalue weighted by Gasteiger charge is -2.14. The molecule has 0 aliphatic rings. The maximum Gasteiger partial charge on any atom is 0.237 e. The second kappa shape index (κ2) is 10.1. The number of thioether (sulfide) groups is 1. The van der Waals surface area contributed by atoms with Crippen molar-refractivity contribution in [2.45, 2.75) is 37.4 Å². The van der Waals surface area contributed by atoms with E-state index in [2.05, 4.69) is 22.1 Å². The molecule has 1 N–H and O–H groups in total. The summed E-state index contributed by atoms with van der Waals surface area (Å²) in [5.74, 6) is 0.0907. The minimum Gasteiger partial charge on any atom is -0.483 e. The minimum atomic E-state index is -0.441. The second-order valence-corrected chi connectivity index (χ2v) is 7.89. The number of aromatic nitrogens is 3. The van der Waals surface area contributed by atoms with Crippen LogP contribution in [0.2, 0.25) is 0 Å². The van der Waals surface area contributed by atoms with Crippen LogP contribution < -0.4 is 10.1 Å². The van der Waals surface area contributed by atoms with Gasteiger partial charge in [-0.25, -0.2) is 4.39 Å². The van der Waals surface area contributed by atoms with Gasteiger partial charge in [0.15, 0.2) is 22.5 Å². The van der Waals surface area contributed by atoms with Gasteiger partial charge < -0.3 is 10.1 Å². The Morgan fingerprint density at radius 1 is 1.27 bits per heavy atom. The van der Waals surface area contributed by atoms with Crippen LogP contribution in [0.25, 0.3) is 0 Å². The van der Waals surface area contributed by atoms with E-state index in [0.29, 0.717) is 17.5 Å². The van der Waals surface area contributed by atoms with Gasteiger partial charge in [0.05, 0.1) is 5.25 Å². The fourth-order valence-corrected chi connectivity index (χ4v) is 3.57. The molecule has 6 nitrogen and oxygen atoms in total. The number of hydrogen-bond donors (Lipinski definition) is 1. The summed E-state index contributed by atoms with van der Waals surface area (Å²) in [5.41, 5.74) is 1.77. The summed E-state index contributed by atoms with van der Waals surface area (Å²) in [5, 5.41) is 11.4. The average Bonchev–Trinajstić information content (AvgIpc) is 3.10. The predicted molar refractivity (Wildman–Crippen MR) is 116 cm³/mol. The normalized spacial score (nSPS) is 11.7. The molecule has 30 heavy (non-hydrogen) atoms. The standard InChI is InChI=1S/C22H23FN4O2S/c1-4-13-27-20(14-29-19-12-8-6-10-17(19)23)25-26-22(27)30-16(3)21(28)24-18-11-7-5-9-15(18)2/h4-12,16H,1,13-14H2,2-3H3,(H,24,28). The largest absolute Gasteiger partial charge is 0.483 e. The van der Waals surface area contributed by atoms with Crippen LogP contribution in [-0.2, 0) is 17.9 Å². The van der Waals surface area contributed by atoms with Crippen molar-refractivity contribution in [2.75, 3.05) is 5.32 Å². The molecule has 0 radical (unpaired) electrons. The first-order valence-electron chi connectivity index (χ1n) is 9.43. The third-order valence-corrected chi connectivity index (χ3v) is 5.43. The Morgan fingerprint density at radius 3 is 2.73 bits per heavy atom. The van der Waals surface area contributed by atoms with Gasteiger partial charge in [0.25, 0.3) is 0 Å². The molecule has 1 amide bonds. The lowest BCUT2D eigenvalue weighted by atomic mass is 10.2. The van der Waals surface area contributed by atoms with E-state index in [1.54, 1.807) is 35.8 Å². The molecule has 0 saturated carbocycles. The maximum atomic E-state index is 13.8. The molecule has 0 fully saturated rings. The molecule has 1 aromatic heterocycles. The Hall–Kier alpha value is -3.13.